The summed E-state index contributed by atoms with van der Waals surface area (Å²) in [7, 11) is 0. The molecule has 0 aliphatic rings. The molecule has 0 spiro atoms. The highest BCUT2D eigenvalue weighted by molar-refractivity contribution is 7.99. The van der Waals surface area contributed by atoms with Gasteiger partial charge in [-0.2, -0.15) is 5.26 Å². The summed E-state index contributed by atoms with van der Waals surface area (Å²) in [6, 6.07) is 12.5. The van der Waals surface area contributed by atoms with E-state index < -0.39 is 0 Å². The highest BCUT2D eigenvalue weighted by Gasteiger charge is 2.02. The van der Waals surface area contributed by atoms with Gasteiger partial charge in [-0.15, -0.1) is 0 Å². The Morgan fingerprint density at radius 3 is 2.88 bits per heavy atom. The van der Waals surface area contributed by atoms with Crippen molar-refractivity contribution in [3.63, 3.8) is 0 Å². The highest BCUT2D eigenvalue weighted by Crippen LogP contribution is 2.15. The molecule has 0 radical (unpaired) electrons. The third-order valence-corrected chi connectivity index (χ3v) is 3.30. The van der Waals surface area contributed by atoms with E-state index in [1.54, 1.807) is 6.20 Å². The van der Waals surface area contributed by atoms with E-state index in [2.05, 4.69) is 39.9 Å². The minimum Gasteiger partial charge on any atom is -0.326 e. The SMILES string of the molecule is N#CCSc1nccn1CCc1ccccc1. The fourth-order valence-electron chi connectivity index (χ4n) is 1.60. The molecule has 1 heterocycles. The third kappa shape index (κ3) is 3.36. The van der Waals surface area contributed by atoms with Crippen LogP contribution in [0.15, 0.2) is 47.9 Å². The van der Waals surface area contributed by atoms with Gasteiger partial charge in [0.1, 0.15) is 0 Å². The molecule has 1 aromatic heterocycles. The summed E-state index contributed by atoms with van der Waals surface area (Å²) >= 11 is 1.48. The second kappa shape index (κ2) is 6.12. The monoisotopic (exact) mass is 243 g/mol. The van der Waals surface area contributed by atoms with Gasteiger partial charge >= 0.3 is 0 Å². The standard InChI is InChI=1S/C13H13N3S/c14-7-11-17-13-15-8-10-16(13)9-6-12-4-2-1-3-5-12/h1-5,8,10H,6,9,11H2. The van der Waals surface area contributed by atoms with E-state index in [1.807, 2.05) is 12.3 Å². The fraction of sp³-hybridized carbons (Fsp3) is 0.231. The van der Waals surface area contributed by atoms with Crippen molar-refractivity contribution in [2.75, 3.05) is 5.75 Å². The van der Waals surface area contributed by atoms with E-state index in [4.69, 9.17) is 5.26 Å². The molecule has 2 rings (SSSR count). The lowest BCUT2D eigenvalue weighted by Crippen LogP contribution is -2.01. The van der Waals surface area contributed by atoms with Gasteiger partial charge < -0.3 is 4.57 Å². The Labute approximate surface area is 105 Å². The predicted molar refractivity (Wildman–Crippen MR) is 68.7 cm³/mol. The Bertz CT molecular complexity index is 499. The van der Waals surface area contributed by atoms with Crippen LogP contribution in [0, 0.1) is 11.3 Å². The van der Waals surface area contributed by atoms with Gasteiger partial charge in [0.25, 0.3) is 0 Å². The van der Waals surface area contributed by atoms with E-state index in [9.17, 15) is 0 Å². The molecule has 1 aromatic carbocycles. The van der Waals surface area contributed by atoms with Crippen molar-refractivity contribution < 1.29 is 0 Å². The first kappa shape index (κ1) is 11.7. The van der Waals surface area contributed by atoms with Crippen LogP contribution in [0.5, 0.6) is 0 Å². The van der Waals surface area contributed by atoms with Gasteiger partial charge in [-0.1, -0.05) is 42.1 Å². The lowest BCUT2D eigenvalue weighted by molar-refractivity contribution is 0.634. The van der Waals surface area contributed by atoms with Gasteiger partial charge in [0.05, 0.1) is 11.8 Å². The molecule has 0 bridgehead atoms. The van der Waals surface area contributed by atoms with Gasteiger partial charge in [-0.3, -0.25) is 0 Å². The first-order valence-corrected chi connectivity index (χ1v) is 6.43. The zero-order valence-corrected chi connectivity index (χ0v) is 10.2. The van der Waals surface area contributed by atoms with Crippen LogP contribution >= 0.6 is 11.8 Å². The van der Waals surface area contributed by atoms with E-state index in [0.717, 1.165) is 18.1 Å². The number of aryl methyl sites for hydroxylation is 2. The molecule has 0 amide bonds. The van der Waals surface area contributed by atoms with E-state index in [1.165, 1.54) is 17.3 Å². The molecule has 0 fully saturated rings. The number of nitriles is 1. The number of nitrogens with zero attached hydrogens (tertiary/aromatic N) is 3. The van der Waals surface area contributed by atoms with E-state index in [-0.39, 0.29) is 0 Å². The number of thioether (sulfide) groups is 1. The Hall–Kier alpha value is -1.73. The van der Waals surface area contributed by atoms with Gasteiger partial charge in [0.15, 0.2) is 5.16 Å². The number of rotatable bonds is 5. The average molecular weight is 243 g/mol. The van der Waals surface area contributed by atoms with Crippen LogP contribution in [0.1, 0.15) is 5.56 Å². The molecule has 0 N–H and O–H groups in total. The molecule has 3 nitrogen and oxygen atoms in total. The zero-order chi connectivity index (χ0) is 11.9. The first-order valence-electron chi connectivity index (χ1n) is 5.45. The summed E-state index contributed by atoms with van der Waals surface area (Å²) < 4.78 is 2.09. The molecule has 17 heavy (non-hydrogen) atoms. The summed E-state index contributed by atoms with van der Waals surface area (Å²) in [5, 5.41) is 9.47. The lowest BCUT2D eigenvalue weighted by Gasteiger charge is -2.06. The van der Waals surface area contributed by atoms with Crippen LogP contribution in [0.4, 0.5) is 0 Å². The summed E-state index contributed by atoms with van der Waals surface area (Å²) in [6.07, 6.45) is 4.73. The summed E-state index contributed by atoms with van der Waals surface area (Å²) in [4.78, 5) is 4.24. The first-order chi connectivity index (χ1) is 8.40. The smallest absolute Gasteiger partial charge is 0.168 e. The van der Waals surface area contributed by atoms with Gasteiger partial charge in [0, 0.05) is 18.9 Å². The molecule has 4 heteroatoms. The maximum absolute atomic E-state index is 8.56. The lowest BCUT2D eigenvalue weighted by atomic mass is 10.1. The number of benzene rings is 1. The molecule has 0 aliphatic carbocycles. The topological polar surface area (TPSA) is 41.6 Å². The largest absolute Gasteiger partial charge is 0.326 e. The van der Waals surface area contributed by atoms with Gasteiger partial charge in [-0.05, 0) is 12.0 Å². The Kier molecular flexibility index (Phi) is 4.23. The molecular weight excluding hydrogens is 230 g/mol. The molecule has 0 aliphatic heterocycles. The number of hydrogen-bond acceptors (Lipinski definition) is 3. The molecule has 0 saturated carbocycles. The normalized spacial score (nSPS) is 10.1. The van der Waals surface area contributed by atoms with Crippen molar-refractivity contribution in [1.82, 2.24) is 9.55 Å². The average Bonchev–Trinajstić information content (AvgIpc) is 2.82. The van der Waals surface area contributed by atoms with Crippen molar-refractivity contribution in [1.29, 1.82) is 5.26 Å². The van der Waals surface area contributed by atoms with Crippen LogP contribution in [-0.4, -0.2) is 15.3 Å². The fourth-order valence-corrected chi connectivity index (χ4v) is 2.24. The maximum Gasteiger partial charge on any atom is 0.168 e. The second-order valence-electron chi connectivity index (χ2n) is 3.59. The molecule has 0 atom stereocenters. The third-order valence-electron chi connectivity index (χ3n) is 2.43. The summed E-state index contributed by atoms with van der Waals surface area (Å²) in [5.41, 5.74) is 1.32. The maximum atomic E-state index is 8.56. The number of imidazole rings is 1. The minimum atomic E-state index is 0.447. The second-order valence-corrected chi connectivity index (χ2v) is 4.53. The number of aromatic nitrogens is 2. The molecule has 86 valence electrons. The number of hydrogen-bond donors (Lipinski definition) is 0. The van der Waals surface area contributed by atoms with Crippen molar-refractivity contribution >= 4 is 11.8 Å². The van der Waals surface area contributed by atoms with Crippen LogP contribution in [0.2, 0.25) is 0 Å². The molecule has 0 unspecified atom stereocenters. The van der Waals surface area contributed by atoms with Crippen LogP contribution in [0.3, 0.4) is 0 Å². The highest BCUT2D eigenvalue weighted by atomic mass is 32.2. The van der Waals surface area contributed by atoms with Crippen LogP contribution in [-0.2, 0) is 13.0 Å². The van der Waals surface area contributed by atoms with Crippen LogP contribution in [0.25, 0.3) is 0 Å². The summed E-state index contributed by atoms with van der Waals surface area (Å²) in [5.74, 6) is 0.447. The van der Waals surface area contributed by atoms with Crippen molar-refractivity contribution in [2.45, 2.75) is 18.1 Å². The molecule has 2 aromatic rings. The Morgan fingerprint density at radius 2 is 2.12 bits per heavy atom. The molecular formula is C13H13N3S. The summed E-state index contributed by atoms with van der Waals surface area (Å²) in [6.45, 7) is 0.901. The van der Waals surface area contributed by atoms with E-state index >= 15 is 0 Å². The van der Waals surface area contributed by atoms with Gasteiger partial charge in [0.2, 0.25) is 0 Å². The van der Waals surface area contributed by atoms with Crippen LogP contribution < -0.4 is 0 Å². The van der Waals surface area contributed by atoms with E-state index in [0.29, 0.717) is 5.75 Å². The zero-order valence-electron chi connectivity index (χ0n) is 9.41. The van der Waals surface area contributed by atoms with Gasteiger partial charge in [-0.25, -0.2) is 4.98 Å². The minimum absolute atomic E-state index is 0.447. The Balaban J connectivity index is 1.95. The molecule has 0 saturated heterocycles. The van der Waals surface area contributed by atoms with Crippen molar-refractivity contribution in [3.8, 4) is 6.07 Å². The van der Waals surface area contributed by atoms with Crippen molar-refractivity contribution in [2.24, 2.45) is 0 Å². The quantitative estimate of drug-likeness (QED) is 0.758. The Morgan fingerprint density at radius 1 is 1.29 bits per heavy atom. The predicted octanol–water partition coefficient (Wildman–Crippen LogP) is 2.74. The van der Waals surface area contributed by atoms with Crippen molar-refractivity contribution in [3.05, 3.63) is 48.3 Å².